The molecule has 0 bridgehead atoms. The van der Waals surface area contributed by atoms with Crippen LogP contribution in [0.25, 0.3) is 0 Å². The minimum absolute atomic E-state index is 0.000723. The molecule has 1 aliphatic heterocycles. The van der Waals surface area contributed by atoms with Crippen molar-refractivity contribution < 1.29 is 24.2 Å². The van der Waals surface area contributed by atoms with E-state index in [9.17, 15) is 14.7 Å². The van der Waals surface area contributed by atoms with Crippen LogP contribution in [-0.2, 0) is 4.79 Å². The molecule has 1 aliphatic rings. The fraction of sp³-hybridized carbons (Fsp3) is 0.500. The zero-order chi connectivity index (χ0) is 25.2. The van der Waals surface area contributed by atoms with Crippen LogP contribution in [-0.4, -0.2) is 60.6 Å². The number of methoxy groups -OCH3 is 1. The Morgan fingerprint density at radius 1 is 0.971 bits per heavy atom. The van der Waals surface area contributed by atoms with Gasteiger partial charge >= 0.3 is 0 Å². The number of likely N-dealkylation sites (tertiary alicyclic amines) is 1. The molecule has 0 radical (unpaired) electrons. The SMILES string of the molecule is COc1ccc([C@@H](O)[C@@H](CN2CCCC2)NC(=O)CCCC(=O)c2ccc(OC(C)C)cc2)cc1. The maximum atomic E-state index is 12.7. The van der Waals surface area contributed by atoms with Gasteiger partial charge in [-0.3, -0.25) is 9.59 Å². The van der Waals surface area contributed by atoms with Gasteiger partial charge in [-0.1, -0.05) is 12.1 Å². The van der Waals surface area contributed by atoms with E-state index in [-0.39, 0.29) is 30.6 Å². The molecule has 1 amide bonds. The maximum absolute atomic E-state index is 12.7. The molecule has 2 aromatic carbocycles. The molecular formula is C28H38N2O5. The summed E-state index contributed by atoms with van der Waals surface area (Å²) in [4.78, 5) is 27.5. The van der Waals surface area contributed by atoms with Gasteiger partial charge in [0.2, 0.25) is 5.91 Å². The van der Waals surface area contributed by atoms with Gasteiger partial charge in [0.05, 0.1) is 19.3 Å². The Bertz CT molecular complexity index is 937. The molecule has 0 unspecified atom stereocenters. The van der Waals surface area contributed by atoms with Crippen molar-refractivity contribution in [1.82, 2.24) is 10.2 Å². The van der Waals surface area contributed by atoms with E-state index < -0.39 is 12.1 Å². The summed E-state index contributed by atoms with van der Waals surface area (Å²) < 4.78 is 10.8. The lowest BCUT2D eigenvalue weighted by atomic mass is 10.0. The van der Waals surface area contributed by atoms with Gasteiger partial charge in [-0.2, -0.15) is 0 Å². The standard InChI is InChI=1S/C28H38N2O5/c1-20(2)35-24-15-9-21(10-16-24)26(31)7-6-8-27(32)29-25(19-30-17-4-5-18-30)28(33)22-11-13-23(34-3)14-12-22/h9-16,20,25,28,33H,4-8,17-19H2,1-3H3,(H,29,32)/t25-,28-/m1/s1. The van der Waals surface area contributed by atoms with Crippen LogP contribution in [0.15, 0.2) is 48.5 Å². The Morgan fingerprint density at radius 2 is 1.60 bits per heavy atom. The molecule has 0 aliphatic carbocycles. The Hall–Kier alpha value is -2.90. The first-order chi connectivity index (χ1) is 16.9. The van der Waals surface area contributed by atoms with Crippen molar-refractivity contribution in [1.29, 1.82) is 0 Å². The van der Waals surface area contributed by atoms with Crippen LogP contribution in [0.2, 0.25) is 0 Å². The van der Waals surface area contributed by atoms with Crippen molar-refractivity contribution in [2.75, 3.05) is 26.7 Å². The van der Waals surface area contributed by atoms with Crippen molar-refractivity contribution >= 4 is 11.7 Å². The largest absolute Gasteiger partial charge is 0.497 e. The number of rotatable bonds is 13. The molecule has 2 aromatic rings. The highest BCUT2D eigenvalue weighted by Crippen LogP contribution is 2.22. The number of aliphatic hydroxyl groups is 1. The van der Waals surface area contributed by atoms with Crippen molar-refractivity contribution in [3.63, 3.8) is 0 Å². The van der Waals surface area contributed by atoms with Crippen LogP contribution in [0.3, 0.4) is 0 Å². The van der Waals surface area contributed by atoms with E-state index in [2.05, 4.69) is 10.2 Å². The molecule has 1 fully saturated rings. The molecule has 0 saturated carbocycles. The summed E-state index contributed by atoms with van der Waals surface area (Å²) in [5.74, 6) is 1.29. The molecule has 1 saturated heterocycles. The number of carbonyl (C=O) groups is 2. The summed E-state index contributed by atoms with van der Waals surface area (Å²) in [7, 11) is 1.60. The van der Waals surface area contributed by atoms with Crippen molar-refractivity contribution in [2.24, 2.45) is 0 Å². The van der Waals surface area contributed by atoms with Crippen LogP contribution < -0.4 is 14.8 Å². The molecule has 3 rings (SSSR count). The monoisotopic (exact) mass is 482 g/mol. The predicted molar refractivity (Wildman–Crippen MR) is 136 cm³/mol. The Morgan fingerprint density at radius 3 is 2.20 bits per heavy atom. The third kappa shape index (κ3) is 8.37. The molecule has 2 atom stereocenters. The lowest BCUT2D eigenvalue weighted by Gasteiger charge is -2.29. The fourth-order valence-electron chi connectivity index (χ4n) is 4.33. The Labute approximate surface area is 208 Å². The maximum Gasteiger partial charge on any atom is 0.220 e. The molecular weight excluding hydrogens is 444 g/mol. The third-order valence-electron chi connectivity index (χ3n) is 6.19. The van der Waals surface area contributed by atoms with Gasteiger partial charge in [-0.15, -0.1) is 0 Å². The van der Waals surface area contributed by atoms with Gasteiger partial charge in [0, 0.05) is 24.9 Å². The first-order valence-corrected chi connectivity index (χ1v) is 12.5. The molecule has 0 spiro atoms. The van der Waals surface area contributed by atoms with Crippen molar-refractivity contribution in [2.45, 2.75) is 64.2 Å². The average Bonchev–Trinajstić information content (AvgIpc) is 3.36. The van der Waals surface area contributed by atoms with Gasteiger partial charge in [0.15, 0.2) is 5.78 Å². The Balaban J connectivity index is 1.53. The summed E-state index contributed by atoms with van der Waals surface area (Å²) >= 11 is 0. The number of carbonyl (C=O) groups excluding carboxylic acids is 2. The Kier molecular flexibility index (Phi) is 10.1. The van der Waals surface area contributed by atoms with Gasteiger partial charge in [-0.05, 0) is 88.2 Å². The quantitative estimate of drug-likeness (QED) is 0.417. The highest BCUT2D eigenvalue weighted by Gasteiger charge is 2.26. The van der Waals surface area contributed by atoms with Crippen LogP contribution in [0.4, 0.5) is 0 Å². The van der Waals surface area contributed by atoms with Gasteiger partial charge < -0.3 is 24.8 Å². The number of hydrogen-bond acceptors (Lipinski definition) is 6. The highest BCUT2D eigenvalue weighted by molar-refractivity contribution is 5.96. The van der Waals surface area contributed by atoms with Crippen LogP contribution in [0, 0.1) is 0 Å². The first-order valence-electron chi connectivity index (χ1n) is 12.5. The van der Waals surface area contributed by atoms with Crippen LogP contribution >= 0.6 is 0 Å². The molecule has 0 aromatic heterocycles. The smallest absolute Gasteiger partial charge is 0.220 e. The minimum Gasteiger partial charge on any atom is -0.497 e. The topological polar surface area (TPSA) is 88.1 Å². The van der Waals surface area contributed by atoms with E-state index in [4.69, 9.17) is 9.47 Å². The predicted octanol–water partition coefficient (Wildman–Crippen LogP) is 4.15. The summed E-state index contributed by atoms with van der Waals surface area (Å²) in [6, 6.07) is 13.9. The van der Waals surface area contributed by atoms with E-state index in [0.717, 1.165) is 37.2 Å². The number of hydrogen-bond donors (Lipinski definition) is 2. The average molecular weight is 483 g/mol. The summed E-state index contributed by atoms with van der Waals surface area (Å²) in [5.41, 5.74) is 1.35. The van der Waals surface area contributed by atoms with Crippen molar-refractivity contribution in [3.8, 4) is 11.5 Å². The minimum atomic E-state index is -0.835. The van der Waals surface area contributed by atoms with Gasteiger partial charge in [0.25, 0.3) is 0 Å². The lowest BCUT2D eigenvalue weighted by Crippen LogP contribution is -2.46. The lowest BCUT2D eigenvalue weighted by molar-refractivity contribution is -0.123. The van der Waals surface area contributed by atoms with E-state index in [1.807, 2.05) is 26.0 Å². The van der Waals surface area contributed by atoms with E-state index in [1.54, 1.807) is 43.5 Å². The number of ether oxygens (including phenoxy) is 2. The number of nitrogens with zero attached hydrogens (tertiary/aromatic N) is 1. The molecule has 1 heterocycles. The third-order valence-corrected chi connectivity index (χ3v) is 6.19. The van der Waals surface area contributed by atoms with E-state index in [0.29, 0.717) is 24.3 Å². The first kappa shape index (κ1) is 26.7. The molecule has 35 heavy (non-hydrogen) atoms. The number of amides is 1. The second kappa shape index (κ2) is 13.3. The van der Waals surface area contributed by atoms with Gasteiger partial charge in [-0.25, -0.2) is 0 Å². The second-order valence-corrected chi connectivity index (χ2v) is 9.37. The normalized spacial score (nSPS) is 15.6. The zero-order valence-corrected chi connectivity index (χ0v) is 21.0. The summed E-state index contributed by atoms with van der Waals surface area (Å²) in [6.45, 7) is 6.43. The molecule has 7 nitrogen and oxygen atoms in total. The summed E-state index contributed by atoms with van der Waals surface area (Å²) in [6.07, 6.45) is 2.47. The van der Waals surface area contributed by atoms with Gasteiger partial charge in [0.1, 0.15) is 17.6 Å². The second-order valence-electron chi connectivity index (χ2n) is 9.37. The summed E-state index contributed by atoms with van der Waals surface area (Å²) in [5, 5.41) is 14.1. The van der Waals surface area contributed by atoms with Crippen LogP contribution in [0.1, 0.15) is 68.0 Å². The van der Waals surface area contributed by atoms with Crippen LogP contribution in [0.5, 0.6) is 11.5 Å². The van der Waals surface area contributed by atoms with E-state index in [1.165, 1.54) is 0 Å². The number of benzene rings is 2. The van der Waals surface area contributed by atoms with E-state index >= 15 is 0 Å². The zero-order valence-electron chi connectivity index (χ0n) is 21.0. The number of nitrogens with one attached hydrogen (secondary N) is 1. The fourth-order valence-corrected chi connectivity index (χ4v) is 4.33. The highest BCUT2D eigenvalue weighted by atomic mass is 16.5. The molecule has 190 valence electrons. The van der Waals surface area contributed by atoms with Crippen molar-refractivity contribution in [3.05, 3.63) is 59.7 Å². The number of Topliss-reactive ketones (excluding diaryl/α,β-unsaturated/α-hetero) is 1. The number of ketones is 1. The molecule has 7 heteroatoms. The molecule has 2 N–H and O–H groups in total. The number of aliphatic hydroxyl groups excluding tert-OH is 1.